The molecule has 2 rings (SSSR count). The smallest absolute Gasteiger partial charge is 0.307 e. The molecule has 0 spiro atoms. The number of ether oxygens (including phenoxy) is 1. The summed E-state index contributed by atoms with van der Waals surface area (Å²) >= 11 is 0. The zero-order chi connectivity index (χ0) is 11.7. The molecule has 1 saturated heterocycles. The lowest BCUT2D eigenvalue weighted by Gasteiger charge is -2.19. The van der Waals surface area contributed by atoms with Crippen molar-refractivity contribution in [3.63, 3.8) is 0 Å². The molecular weight excluding hydrogens is 210 g/mol. The summed E-state index contributed by atoms with van der Waals surface area (Å²) in [5.41, 5.74) is 0. The van der Waals surface area contributed by atoms with E-state index in [2.05, 4.69) is 5.32 Å². The summed E-state index contributed by atoms with van der Waals surface area (Å²) in [6.07, 6.45) is 1.45. The van der Waals surface area contributed by atoms with Crippen molar-refractivity contribution in [2.24, 2.45) is 17.8 Å². The first-order valence-corrected chi connectivity index (χ1v) is 5.70. The molecule has 0 radical (unpaired) electrons. The Morgan fingerprint density at radius 2 is 2.19 bits per heavy atom. The van der Waals surface area contributed by atoms with Crippen LogP contribution in [0.3, 0.4) is 0 Å². The van der Waals surface area contributed by atoms with E-state index in [-0.39, 0.29) is 17.9 Å². The highest BCUT2D eigenvalue weighted by atomic mass is 16.5. The molecule has 0 bridgehead atoms. The number of hydrogen-bond donors (Lipinski definition) is 2. The number of hydrogen-bond acceptors (Lipinski definition) is 3. The van der Waals surface area contributed by atoms with E-state index >= 15 is 0 Å². The summed E-state index contributed by atoms with van der Waals surface area (Å²) < 4.78 is 5.25. The lowest BCUT2D eigenvalue weighted by molar-refractivity contribution is -0.140. The maximum atomic E-state index is 11.7. The predicted octanol–water partition coefficient (Wildman–Crippen LogP) is 0.248. The van der Waals surface area contributed by atoms with Gasteiger partial charge in [-0.25, -0.2) is 0 Å². The molecule has 2 fully saturated rings. The van der Waals surface area contributed by atoms with Crippen LogP contribution in [-0.4, -0.2) is 36.2 Å². The molecule has 5 nitrogen and oxygen atoms in total. The zero-order valence-corrected chi connectivity index (χ0v) is 9.31. The standard InChI is InChI=1S/C11H17NO4/c1-6(7-2-3-16-5-7)12-10(13)8-4-9(8)11(14)15/h6-9H,2-5H2,1H3,(H,12,13)(H,14,15)/t6?,7?,8-,9+/m1/s1. The van der Waals surface area contributed by atoms with Crippen LogP contribution in [0.1, 0.15) is 19.8 Å². The van der Waals surface area contributed by atoms with Crippen molar-refractivity contribution in [2.45, 2.75) is 25.8 Å². The number of carboxylic acids is 1. The Hall–Kier alpha value is -1.10. The molecule has 2 N–H and O–H groups in total. The van der Waals surface area contributed by atoms with Gasteiger partial charge in [0.2, 0.25) is 5.91 Å². The summed E-state index contributed by atoms with van der Waals surface area (Å²) in [7, 11) is 0. The predicted molar refractivity (Wildman–Crippen MR) is 55.8 cm³/mol. The molecule has 0 aromatic heterocycles. The maximum Gasteiger partial charge on any atom is 0.307 e. The van der Waals surface area contributed by atoms with Gasteiger partial charge in [-0.2, -0.15) is 0 Å². The van der Waals surface area contributed by atoms with Gasteiger partial charge >= 0.3 is 5.97 Å². The Morgan fingerprint density at radius 1 is 1.44 bits per heavy atom. The van der Waals surface area contributed by atoms with Crippen LogP contribution in [0.25, 0.3) is 0 Å². The lowest BCUT2D eigenvalue weighted by Crippen LogP contribution is -2.39. The molecule has 0 aromatic carbocycles. The van der Waals surface area contributed by atoms with Crippen LogP contribution in [-0.2, 0) is 14.3 Å². The third-order valence-electron chi connectivity index (χ3n) is 3.49. The molecule has 1 aliphatic carbocycles. The van der Waals surface area contributed by atoms with Crippen LogP contribution < -0.4 is 5.32 Å². The van der Waals surface area contributed by atoms with Gasteiger partial charge in [0.25, 0.3) is 0 Å². The molecule has 1 saturated carbocycles. The fourth-order valence-electron chi connectivity index (χ4n) is 2.15. The third kappa shape index (κ3) is 2.35. The number of amides is 1. The SMILES string of the molecule is CC(NC(=O)[C@@H]1C[C@@H]1C(=O)O)C1CCOC1. The first-order valence-electron chi connectivity index (χ1n) is 5.70. The van der Waals surface area contributed by atoms with Crippen molar-refractivity contribution in [3.8, 4) is 0 Å². The Labute approximate surface area is 94.2 Å². The van der Waals surface area contributed by atoms with Crippen LogP contribution in [0.2, 0.25) is 0 Å². The van der Waals surface area contributed by atoms with Crippen molar-refractivity contribution in [1.82, 2.24) is 5.32 Å². The van der Waals surface area contributed by atoms with E-state index < -0.39 is 11.9 Å². The Balaban J connectivity index is 1.77. The minimum atomic E-state index is -0.864. The number of carbonyl (C=O) groups is 2. The zero-order valence-electron chi connectivity index (χ0n) is 9.31. The Morgan fingerprint density at radius 3 is 2.69 bits per heavy atom. The third-order valence-corrected chi connectivity index (χ3v) is 3.49. The highest BCUT2D eigenvalue weighted by molar-refractivity contribution is 5.89. The molecule has 90 valence electrons. The second-order valence-corrected chi connectivity index (χ2v) is 4.71. The van der Waals surface area contributed by atoms with Gasteiger partial charge in [0.05, 0.1) is 18.4 Å². The fourth-order valence-corrected chi connectivity index (χ4v) is 2.15. The van der Waals surface area contributed by atoms with Crippen molar-refractivity contribution in [2.75, 3.05) is 13.2 Å². The number of rotatable bonds is 4. The van der Waals surface area contributed by atoms with Crippen LogP contribution in [0.15, 0.2) is 0 Å². The maximum absolute atomic E-state index is 11.7. The van der Waals surface area contributed by atoms with E-state index in [0.29, 0.717) is 18.9 Å². The summed E-state index contributed by atoms with van der Waals surface area (Å²) in [4.78, 5) is 22.3. The van der Waals surface area contributed by atoms with Gasteiger partial charge in [-0.3, -0.25) is 9.59 Å². The Bertz CT molecular complexity index is 298. The Kier molecular flexibility index (Phi) is 3.14. The molecular formula is C11H17NO4. The normalized spacial score (nSPS) is 34.4. The lowest BCUT2D eigenvalue weighted by atomic mass is 10.0. The summed E-state index contributed by atoms with van der Waals surface area (Å²) in [6, 6.07) is 0.0741. The minimum absolute atomic E-state index is 0.0741. The largest absolute Gasteiger partial charge is 0.481 e. The van der Waals surface area contributed by atoms with Crippen LogP contribution in [0.5, 0.6) is 0 Å². The van der Waals surface area contributed by atoms with Crippen LogP contribution in [0, 0.1) is 17.8 Å². The van der Waals surface area contributed by atoms with E-state index in [1.807, 2.05) is 6.92 Å². The van der Waals surface area contributed by atoms with E-state index in [9.17, 15) is 9.59 Å². The number of aliphatic carboxylic acids is 1. The second kappa shape index (κ2) is 4.41. The highest BCUT2D eigenvalue weighted by Gasteiger charge is 2.48. The molecule has 2 aliphatic rings. The minimum Gasteiger partial charge on any atom is -0.481 e. The molecule has 0 aromatic rings. The van der Waals surface area contributed by atoms with Crippen molar-refractivity contribution < 1.29 is 19.4 Å². The van der Waals surface area contributed by atoms with Gasteiger partial charge in [-0.15, -0.1) is 0 Å². The topological polar surface area (TPSA) is 75.6 Å². The molecule has 1 aliphatic heterocycles. The molecule has 1 heterocycles. The monoisotopic (exact) mass is 227 g/mol. The first kappa shape index (κ1) is 11.4. The average Bonchev–Trinajstić information content (AvgIpc) is 2.85. The molecule has 4 atom stereocenters. The number of carboxylic acid groups (broad SMARTS) is 1. The molecule has 5 heteroatoms. The average molecular weight is 227 g/mol. The first-order chi connectivity index (χ1) is 7.59. The van der Waals surface area contributed by atoms with Gasteiger partial charge in [0, 0.05) is 18.6 Å². The van der Waals surface area contributed by atoms with Crippen molar-refractivity contribution >= 4 is 11.9 Å². The van der Waals surface area contributed by atoms with Gasteiger partial charge in [0.1, 0.15) is 0 Å². The van der Waals surface area contributed by atoms with E-state index in [1.165, 1.54) is 0 Å². The van der Waals surface area contributed by atoms with Crippen LogP contribution in [0.4, 0.5) is 0 Å². The fraction of sp³-hybridized carbons (Fsp3) is 0.818. The molecule has 1 amide bonds. The van der Waals surface area contributed by atoms with E-state index in [4.69, 9.17) is 9.84 Å². The summed E-state index contributed by atoms with van der Waals surface area (Å²) in [5.74, 6) is -1.40. The summed E-state index contributed by atoms with van der Waals surface area (Å²) in [6.45, 7) is 3.40. The number of nitrogens with one attached hydrogen (secondary N) is 1. The van der Waals surface area contributed by atoms with Gasteiger partial charge in [-0.05, 0) is 19.8 Å². The molecule has 2 unspecified atom stereocenters. The van der Waals surface area contributed by atoms with Crippen LogP contribution >= 0.6 is 0 Å². The quantitative estimate of drug-likeness (QED) is 0.721. The number of carbonyl (C=O) groups excluding carboxylic acids is 1. The van der Waals surface area contributed by atoms with E-state index in [0.717, 1.165) is 13.0 Å². The summed E-state index contributed by atoms with van der Waals surface area (Å²) in [5, 5.41) is 11.6. The second-order valence-electron chi connectivity index (χ2n) is 4.71. The van der Waals surface area contributed by atoms with Crippen molar-refractivity contribution in [3.05, 3.63) is 0 Å². The van der Waals surface area contributed by atoms with Gasteiger partial charge in [-0.1, -0.05) is 0 Å². The van der Waals surface area contributed by atoms with Gasteiger partial charge in [0.15, 0.2) is 0 Å². The van der Waals surface area contributed by atoms with E-state index in [1.54, 1.807) is 0 Å². The van der Waals surface area contributed by atoms with Gasteiger partial charge < -0.3 is 15.2 Å². The highest BCUT2D eigenvalue weighted by Crippen LogP contribution is 2.38. The van der Waals surface area contributed by atoms with Crippen molar-refractivity contribution in [1.29, 1.82) is 0 Å². The molecule has 16 heavy (non-hydrogen) atoms.